The van der Waals surface area contributed by atoms with E-state index < -0.39 is 5.97 Å². The van der Waals surface area contributed by atoms with Crippen molar-refractivity contribution in [3.05, 3.63) is 28.2 Å². The van der Waals surface area contributed by atoms with E-state index in [1.807, 2.05) is 0 Å². The molecule has 1 N–H and O–H groups in total. The van der Waals surface area contributed by atoms with Crippen LogP contribution in [0.25, 0.3) is 0 Å². The first-order chi connectivity index (χ1) is 8.16. The quantitative estimate of drug-likeness (QED) is 0.928. The first-order valence-electron chi connectivity index (χ1n) is 5.40. The van der Waals surface area contributed by atoms with E-state index >= 15 is 0 Å². The number of carboxylic acids is 1. The van der Waals surface area contributed by atoms with E-state index in [1.54, 1.807) is 6.07 Å². The molecule has 0 aliphatic carbocycles. The van der Waals surface area contributed by atoms with Gasteiger partial charge in [0.15, 0.2) is 0 Å². The number of aromatic carboxylic acids is 1. The second-order valence-electron chi connectivity index (χ2n) is 3.99. The SMILES string of the molecule is O=C(O)c1ccc(Br)c(OCC2CCOC2)c1. The Morgan fingerprint density at radius 2 is 2.41 bits per heavy atom. The minimum absolute atomic E-state index is 0.228. The summed E-state index contributed by atoms with van der Waals surface area (Å²) in [6, 6.07) is 4.75. The van der Waals surface area contributed by atoms with Gasteiger partial charge < -0.3 is 14.6 Å². The van der Waals surface area contributed by atoms with Crippen molar-refractivity contribution in [2.45, 2.75) is 6.42 Å². The number of carboxylic acid groups (broad SMARTS) is 1. The zero-order valence-corrected chi connectivity index (χ0v) is 10.8. The van der Waals surface area contributed by atoms with E-state index in [-0.39, 0.29) is 5.56 Å². The largest absolute Gasteiger partial charge is 0.492 e. The van der Waals surface area contributed by atoms with Crippen LogP contribution in [0, 0.1) is 5.92 Å². The average molecular weight is 301 g/mol. The van der Waals surface area contributed by atoms with Crippen molar-refractivity contribution in [1.82, 2.24) is 0 Å². The second kappa shape index (κ2) is 5.51. The number of rotatable bonds is 4. The van der Waals surface area contributed by atoms with E-state index in [0.717, 1.165) is 24.1 Å². The van der Waals surface area contributed by atoms with Gasteiger partial charge in [0.2, 0.25) is 0 Å². The minimum Gasteiger partial charge on any atom is -0.492 e. The summed E-state index contributed by atoms with van der Waals surface area (Å²) in [6.45, 7) is 2.06. The highest BCUT2D eigenvalue weighted by Gasteiger charge is 2.17. The minimum atomic E-state index is -0.952. The molecule has 1 heterocycles. The molecule has 0 bridgehead atoms. The van der Waals surface area contributed by atoms with Crippen LogP contribution < -0.4 is 4.74 Å². The van der Waals surface area contributed by atoms with Gasteiger partial charge in [0.05, 0.1) is 23.2 Å². The lowest BCUT2D eigenvalue weighted by molar-refractivity contribution is 0.0696. The molecule has 17 heavy (non-hydrogen) atoms. The van der Waals surface area contributed by atoms with Gasteiger partial charge in [0.1, 0.15) is 5.75 Å². The molecule has 92 valence electrons. The summed E-state index contributed by atoms with van der Waals surface area (Å²) in [5.41, 5.74) is 0.228. The highest BCUT2D eigenvalue weighted by molar-refractivity contribution is 9.10. The normalized spacial score (nSPS) is 19.2. The van der Waals surface area contributed by atoms with Crippen LogP contribution in [0.1, 0.15) is 16.8 Å². The highest BCUT2D eigenvalue weighted by atomic mass is 79.9. The molecule has 0 amide bonds. The summed E-state index contributed by atoms with van der Waals surface area (Å²) >= 11 is 3.34. The fourth-order valence-corrected chi connectivity index (χ4v) is 2.03. The van der Waals surface area contributed by atoms with Crippen molar-refractivity contribution in [1.29, 1.82) is 0 Å². The van der Waals surface area contributed by atoms with Crippen LogP contribution in [0.15, 0.2) is 22.7 Å². The fourth-order valence-electron chi connectivity index (χ4n) is 1.67. The summed E-state index contributed by atoms with van der Waals surface area (Å²) in [6.07, 6.45) is 0.996. The van der Waals surface area contributed by atoms with Crippen LogP contribution in [0.3, 0.4) is 0 Å². The molecule has 1 fully saturated rings. The van der Waals surface area contributed by atoms with Gasteiger partial charge in [-0.2, -0.15) is 0 Å². The van der Waals surface area contributed by atoms with Crippen molar-refractivity contribution in [2.24, 2.45) is 5.92 Å². The van der Waals surface area contributed by atoms with Crippen LogP contribution in [0.4, 0.5) is 0 Å². The van der Waals surface area contributed by atoms with Gasteiger partial charge in [-0.1, -0.05) is 0 Å². The molecular weight excluding hydrogens is 288 g/mol. The van der Waals surface area contributed by atoms with Gasteiger partial charge in [-0.3, -0.25) is 0 Å². The van der Waals surface area contributed by atoms with Gasteiger partial charge in [0, 0.05) is 12.5 Å². The van der Waals surface area contributed by atoms with Crippen molar-refractivity contribution in [3.63, 3.8) is 0 Å². The molecule has 2 rings (SSSR count). The number of hydrogen-bond acceptors (Lipinski definition) is 3. The maximum Gasteiger partial charge on any atom is 0.335 e. The predicted molar refractivity (Wildman–Crippen MR) is 65.5 cm³/mol. The molecule has 1 aromatic carbocycles. The van der Waals surface area contributed by atoms with E-state index in [2.05, 4.69) is 15.9 Å². The zero-order valence-electron chi connectivity index (χ0n) is 9.19. The van der Waals surface area contributed by atoms with E-state index in [9.17, 15) is 4.79 Å². The Morgan fingerprint density at radius 3 is 3.06 bits per heavy atom. The lowest BCUT2D eigenvalue weighted by Gasteiger charge is -2.12. The van der Waals surface area contributed by atoms with Crippen LogP contribution in [0.2, 0.25) is 0 Å². The average Bonchev–Trinajstić information content (AvgIpc) is 2.80. The van der Waals surface area contributed by atoms with Gasteiger partial charge in [-0.25, -0.2) is 4.79 Å². The first kappa shape index (κ1) is 12.4. The van der Waals surface area contributed by atoms with E-state index in [4.69, 9.17) is 14.6 Å². The number of halogens is 1. The molecule has 0 spiro atoms. The van der Waals surface area contributed by atoms with Gasteiger partial charge in [0.25, 0.3) is 0 Å². The van der Waals surface area contributed by atoms with Crippen molar-refractivity contribution < 1.29 is 19.4 Å². The lowest BCUT2D eigenvalue weighted by Crippen LogP contribution is -2.12. The van der Waals surface area contributed by atoms with Crippen molar-refractivity contribution in [3.8, 4) is 5.75 Å². The number of benzene rings is 1. The third-order valence-electron chi connectivity index (χ3n) is 2.68. The summed E-state index contributed by atoms with van der Waals surface area (Å²) in [7, 11) is 0. The molecule has 1 saturated heterocycles. The van der Waals surface area contributed by atoms with E-state index in [1.165, 1.54) is 12.1 Å². The van der Waals surface area contributed by atoms with Gasteiger partial charge in [-0.15, -0.1) is 0 Å². The molecule has 0 saturated carbocycles. The van der Waals surface area contributed by atoms with Crippen LogP contribution in [-0.2, 0) is 4.74 Å². The Bertz CT molecular complexity index is 413. The summed E-state index contributed by atoms with van der Waals surface area (Å²) in [4.78, 5) is 10.8. The van der Waals surface area contributed by atoms with Gasteiger partial charge in [-0.05, 0) is 40.5 Å². The van der Waals surface area contributed by atoms with E-state index in [0.29, 0.717) is 18.3 Å². The Labute approximate surface area is 108 Å². The standard InChI is InChI=1S/C12H13BrO4/c13-10-2-1-9(12(14)15)5-11(10)17-7-8-3-4-16-6-8/h1-2,5,8H,3-4,6-7H2,(H,14,15). The predicted octanol–water partition coefficient (Wildman–Crippen LogP) is 2.56. The Morgan fingerprint density at radius 1 is 1.59 bits per heavy atom. The number of ether oxygens (including phenoxy) is 2. The fraction of sp³-hybridized carbons (Fsp3) is 0.417. The molecule has 4 nitrogen and oxygen atoms in total. The third-order valence-corrected chi connectivity index (χ3v) is 3.33. The van der Waals surface area contributed by atoms with Crippen molar-refractivity contribution >= 4 is 21.9 Å². The van der Waals surface area contributed by atoms with Gasteiger partial charge >= 0.3 is 5.97 Å². The molecule has 1 atom stereocenters. The molecule has 0 aromatic heterocycles. The Kier molecular flexibility index (Phi) is 4.02. The second-order valence-corrected chi connectivity index (χ2v) is 4.85. The first-order valence-corrected chi connectivity index (χ1v) is 6.19. The molecule has 1 aromatic rings. The molecule has 1 aliphatic heterocycles. The number of carbonyl (C=O) groups is 1. The lowest BCUT2D eigenvalue weighted by atomic mass is 10.1. The summed E-state index contributed by atoms with van der Waals surface area (Å²) < 4.78 is 11.6. The summed E-state index contributed by atoms with van der Waals surface area (Å²) in [5, 5.41) is 8.89. The van der Waals surface area contributed by atoms with Crippen LogP contribution >= 0.6 is 15.9 Å². The maximum absolute atomic E-state index is 10.8. The Balaban J connectivity index is 2.03. The van der Waals surface area contributed by atoms with Crippen molar-refractivity contribution in [2.75, 3.05) is 19.8 Å². The zero-order chi connectivity index (χ0) is 12.3. The highest BCUT2D eigenvalue weighted by Crippen LogP contribution is 2.27. The molecule has 1 unspecified atom stereocenters. The van der Waals surface area contributed by atoms with Crippen LogP contribution in [-0.4, -0.2) is 30.9 Å². The molecule has 0 radical (unpaired) electrons. The number of hydrogen-bond donors (Lipinski definition) is 1. The Hall–Kier alpha value is -1.07. The van der Waals surface area contributed by atoms with Crippen LogP contribution in [0.5, 0.6) is 5.75 Å². The third kappa shape index (κ3) is 3.20. The maximum atomic E-state index is 10.8. The monoisotopic (exact) mass is 300 g/mol. The smallest absolute Gasteiger partial charge is 0.335 e. The molecule has 1 aliphatic rings. The summed E-state index contributed by atoms with van der Waals surface area (Å²) in [5.74, 6) is 0.0127. The molecular formula is C12H13BrO4. The molecule has 5 heteroatoms. The topological polar surface area (TPSA) is 55.8 Å².